The Labute approximate surface area is 164 Å². The van der Waals surface area contributed by atoms with Gasteiger partial charge in [-0.1, -0.05) is 76.3 Å². The van der Waals surface area contributed by atoms with Gasteiger partial charge < -0.3 is 9.84 Å². The van der Waals surface area contributed by atoms with Gasteiger partial charge in [0.15, 0.2) is 0 Å². The van der Waals surface area contributed by atoms with Gasteiger partial charge in [-0.2, -0.15) is 0 Å². The maximum Gasteiger partial charge on any atom is 0.303 e. The third-order valence-corrected chi connectivity index (χ3v) is 4.88. The van der Waals surface area contributed by atoms with Crippen molar-refractivity contribution in [3.8, 4) is 5.75 Å². The second-order valence-electron chi connectivity index (χ2n) is 7.32. The summed E-state index contributed by atoms with van der Waals surface area (Å²) in [6.07, 6.45) is 16.1. The van der Waals surface area contributed by atoms with Crippen LogP contribution in [0, 0.1) is 0 Å². The van der Waals surface area contributed by atoms with Crippen LogP contribution in [-0.4, -0.2) is 24.4 Å². The molecule has 1 aromatic rings. The van der Waals surface area contributed by atoms with Crippen LogP contribution >= 0.6 is 0 Å². The third-order valence-electron chi connectivity index (χ3n) is 4.88. The van der Waals surface area contributed by atoms with Crippen LogP contribution in [0.5, 0.6) is 5.75 Å². The second-order valence-corrected chi connectivity index (χ2v) is 7.32. The molecule has 0 aromatic heterocycles. The van der Waals surface area contributed by atoms with E-state index in [9.17, 15) is 9.18 Å². The summed E-state index contributed by atoms with van der Waals surface area (Å²) < 4.78 is 17.3. The number of ether oxygens (including phenoxy) is 1. The number of carbonyl (C=O) groups is 1. The molecule has 0 saturated carbocycles. The van der Waals surface area contributed by atoms with Crippen molar-refractivity contribution in [1.29, 1.82) is 0 Å². The fraction of sp³-hybridized carbons (Fsp3) is 0.696. The zero-order chi connectivity index (χ0) is 19.6. The number of halogens is 1. The highest BCUT2D eigenvalue weighted by Crippen LogP contribution is 2.16. The lowest BCUT2D eigenvalue weighted by atomic mass is 10.0. The van der Waals surface area contributed by atoms with Crippen LogP contribution in [-0.2, 0) is 11.2 Å². The molecular weight excluding hydrogens is 343 g/mol. The van der Waals surface area contributed by atoms with Crippen LogP contribution < -0.4 is 4.74 Å². The van der Waals surface area contributed by atoms with E-state index in [2.05, 4.69) is 12.1 Å². The second kappa shape index (κ2) is 16.6. The highest BCUT2D eigenvalue weighted by Gasteiger charge is 1.98. The van der Waals surface area contributed by atoms with Gasteiger partial charge in [0.1, 0.15) is 19.0 Å². The van der Waals surface area contributed by atoms with E-state index in [1.165, 1.54) is 69.8 Å². The predicted molar refractivity (Wildman–Crippen MR) is 109 cm³/mol. The minimum absolute atomic E-state index is 0.131. The van der Waals surface area contributed by atoms with E-state index >= 15 is 0 Å². The topological polar surface area (TPSA) is 46.5 Å². The van der Waals surface area contributed by atoms with Crippen molar-refractivity contribution < 1.29 is 19.0 Å². The Morgan fingerprint density at radius 3 is 1.74 bits per heavy atom. The van der Waals surface area contributed by atoms with Crippen LogP contribution in [0.3, 0.4) is 0 Å². The monoisotopic (exact) mass is 380 g/mol. The summed E-state index contributed by atoms with van der Waals surface area (Å²) in [6.45, 7) is -0.317. The summed E-state index contributed by atoms with van der Waals surface area (Å²) >= 11 is 0. The van der Waals surface area contributed by atoms with Gasteiger partial charge in [0.25, 0.3) is 0 Å². The number of alkyl halides is 1. The Bertz CT molecular complexity index is 473. The highest BCUT2D eigenvalue weighted by molar-refractivity contribution is 5.66. The van der Waals surface area contributed by atoms with Gasteiger partial charge in [-0.15, -0.1) is 0 Å². The molecule has 0 saturated heterocycles. The van der Waals surface area contributed by atoms with Crippen molar-refractivity contribution in [2.75, 3.05) is 13.3 Å². The maximum absolute atomic E-state index is 12.1. The van der Waals surface area contributed by atoms with Crippen LogP contribution in [0.2, 0.25) is 0 Å². The molecule has 0 spiro atoms. The molecule has 0 bridgehead atoms. The Morgan fingerprint density at radius 2 is 1.26 bits per heavy atom. The molecule has 0 aliphatic carbocycles. The third kappa shape index (κ3) is 14.2. The Hall–Kier alpha value is -1.58. The molecule has 0 radical (unpaired) electrons. The number of rotatable bonds is 18. The van der Waals surface area contributed by atoms with Gasteiger partial charge >= 0.3 is 5.97 Å². The van der Waals surface area contributed by atoms with Crippen molar-refractivity contribution in [2.45, 2.75) is 89.9 Å². The normalized spacial score (nSPS) is 10.9. The molecule has 0 unspecified atom stereocenters. The molecule has 0 heterocycles. The van der Waals surface area contributed by atoms with Gasteiger partial charge in [0.2, 0.25) is 0 Å². The molecular formula is C23H37FO3. The average Bonchev–Trinajstić information content (AvgIpc) is 2.67. The average molecular weight is 381 g/mol. The number of aryl methyl sites for hydroxylation is 1. The molecule has 0 aliphatic heterocycles. The van der Waals surface area contributed by atoms with Gasteiger partial charge in [-0.05, 0) is 37.0 Å². The lowest BCUT2D eigenvalue weighted by Crippen LogP contribution is -1.98. The fourth-order valence-electron chi connectivity index (χ4n) is 3.28. The molecule has 1 aromatic carbocycles. The van der Waals surface area contributed by atoms with E-state index in [4.69, 9.17) is 9.84 Å². The summed E-state index contributed by atoms with van der Waals surface area (Å²) in [7, 11) is 0. The van der Waals surface area contributed by atoms with Crippen molar-refractivity contribution in [3.05, 3.63) is 29.8 Å². The number of hydrogen-bond acceptors (Lipinski definition) is 2. The molecule has 1 rings (SSSR count). The molecule has 0 fully saturated rings. The van der Waals surface area contributed by atoms with Gasteiger partial charge in [-0.3, -0.25) is 4.79 Å². The molecule has 0 atom stereocenters. The van der Waals surface area contributed by atoms with E-state index in [0.717, 1.165) is 25.0 Å². The number of aliphatic carboxylic acids is 1. The van der Waals surface area contributed by atoms with E-state index in [0.29, 0.717) is 6.42 Å². The van der Waals surface area contributed by atoms with Crippen LogP contribution in [0.1, 0.15) is 89.0 Å². The van der Waals surface area contributed by atoms with Gasteiger partial charge in [-0.25, -0.2) is 4.39 Å². The first-order valence-electron chi connectivity index (χ1n) is 10.7. The number of carboxylic acid groups (broad SMARTS) is 1. The summed E-state index contributed by atoms with van der Waals surface area (Å²) in [5.41, 5.74) is 1.32. The highest BCUT2D eigenvalue weighted by atomic mass is 19.1. The molecule has 0 aliphatic rings. The zero-order valence-electron chi connectivity index (χ0n) is 16.8. The minimum Gasteiger partial charge on any atom is -0.491 e. The van der Waals surface area contributed by atoms with Crippen LogP contribution in [0.15, 0.2) is 24.3 Å². The van der Waals surface area contributed by atoms with E-state index in [-0.39, 0.29) is 6.61 Å². The summed E-state index contributed by atoms with van der Waals surface area (Å²) in [5.74, 6) is 0.0735. The summed E-state index contributed by atoms with van der Waals surface area (Å²) in [4.78, 5) is 10.4. The van der Waals surface area contributed by atoms with E-state index < -0.39 is 12.6 Å². The largest absolute Gasteiger partial charge is 0.491 e. The quantitative estimate of drug-likeness (QED) is 0.287. The maximum atomic E-state index is 12.1. The van der Waals surface area contributed by atoms with Crippen molar-refractivity contribution in [1.82, 2.24) is 0 Å². The Morgan fingerprint density at radius 1 is 0.778 bits per heavy atom. The van der Waals surface area contributed by atoms with Crippen molar-refractivity contribution in [3.63, 3.8) is 0 Å². The van der Waals surface area contributed by atoms with Crippen LogP contribution in [0.25, 0.3) is 0 Å². The summed E-state index contributed by atoms with van der Waals surface area (Å²) in [6, 6.07) is 8.01. The standard InChI is InChI=1S/C23H37FO3/c24-19-20-27-22-17-15-21(16-18-22)13-11-9-7-5-3-1-2-4-6-8-10-12-14-23(25)26/h15-18H,1-14,19-20H2,(H,25,26). The van der Waals surface area contributed by atoms with E-state index in [1.54, 1.807) is 0 Å². The molecule has 0 amide bonds. The first kappa shape index (κ1) is 23.5. The Balaban J connectivity index is 1.84. The van der Waals surface area contributed by atoms with Crippen molar-refractivity contribution in [2.24, 2.45) is 0 Å². The van der Waals surface area contributed by atoms with Crippen LogP contribution in [0.4, 0.5) is 4.39 Å². The number of unbranched alkanes of at least 4 members (excludes halogenated alkanes) is 11. The predicted octanol–water partition coefficient (Wildman–Crippen LogP) is 6.73. The number of benzene rings is 1. The van der Waals surface area contributed by atoms with Gasteiger partial charge in [0, 0.05) is 6.42 Å². The minimum atomic E-state index is -0.673. The SMILES string of the molecule is O=C(O)CCCCCCCCCCCCCCc1ccc(OCCF)cc1. The number of carboxylic acids is 1. The molecule has 1 N–H and O–H groups in total. The zero-order valence-corrected chi connectivity index (χ0v) is 16.8. The number of hydrogen-bond donors (Lipinski definition) is 1. The molecule has 4 heteroatoms. The lowest BCUT2D eigenvalue weighted by Gasteiger charge is -2.06. The van der Waals surface area contributed by atoms with Crippen molar-refractivity contribution >= 4 is 5.97 Å². The first-order valence-corrected chi connectivity index (χ1v) is 10.7. The van der Waals surface area contributed by atoms with Gasteiger partial charge in [0.05, 0.1) is 0 Å². The smallest absolute Gasteiger partial charge is 0.303 e. The Kier molecular flexibility index (Phi) is 14.4. The molecule has 27 heavy (non-hydrogen) atoms. The molecule has 154 valence electrons. The fourth-order valence-corrected chi connectivity index (χ4v) is 3.28. The molecule has 3 nitrogen and oxygen atoms in total. The summed E-state index contributed by atoms with van der Waals surface area (Å²) in [5, 5.41) is 8.57. The van der Waals surface area contributed by atoms with E-state index in [1.807, 2.05) is 12.1 Å². The lowest BCUT2D eigenvalue weighted by molar-refractivity contribution is -0.137. The first-order chi connectivity index (χ1) is 13.2.